The summed E-state index contributed by atoms with van der Waals surface area (Å²) < 4.78 is 0. The van der Waals surface area contributed by atoms with Crippen LogP contribution in [0.1, 0.15) is 36.0 Å². The highest BCUT2D eigenvalue weighted by Crippen LogP contribution is 2.39. The lowest BCUT2D eigenvalue weighted by Gasteiger charge is -2.18. The molecule has 0 heterocycles. The van der Waals surface area contributed by atoms with E-state index in [2.05, 4.69) is 67.6 Å². The standard InChI is InChI=1S/C18H18/c1-2-16(14-8-4-3-5-9-14)18-13-12-15-10-6-7-11-17(15)18/h3-11,13,16H,2,12H2,1H3. The van der Waals surface area contributed by atoms with Crippen molar-refractivity contribution < 1.29 is 0 Å². The third-order valence-corrected chi connectivity index (χ3v) is 3.86. The Bertz CT molecular complexity index is 564. The first-order chi connectivity index (χ1) is 8.90. The number of fused-ring (bicyclic) bond motifs is 1. The number of hydrogen-bond acceptors (Lipinski definition) is 0. The zero-order valence-corrected chi connectivity index (χ0v) is 10.8. The fraction of sp³-hybridized carbons (Fsp3) is 0.222. The van der Waals surface area contributed by atoms with Gasteiger partial charge in [-0.3, -0.25) is 0 Å². The van der Waals surface area contributed by atoms with Crippen molar-refractivity contribution in [1.29, 1.82) is 0 Å². The summed E-state index contributed by atoms with van der Waals surface area (Å²) in [4.78, 5) is 0. The van der Waals surface area contributed by atoms with Crippen molar-refractivity contribution in [3.8, 4) is 0 Å². The van der Waals surface area contributed by atoms with Crippen LogP contribution in [0, 0.1) is 0 Å². The second kappa shape index (κ2) is 4.81. The fourth-order valence-electron chi connectivity index (χ4n) is 2.96. The molecule has 2 aromatic carbocycles. The molecule has 0 aromatic heterocycles. The van der Waals surface area contributed by atoms with Gasteiger partial charge >= 0.3 is 0 Å². The van der Waals surface area contributed by atoms with Crippen LogP contribution in [0.2, 0.25) is 0 Å². The monoisotopic (exact) mass is 234 g/mol. The summed E-state index contributed by atoms with van der Waals surface area (Å²) in [5, 5.41) is 0. The fourth-order valence-corrected chi connectivity index (χ4v) is 2.96. The second-order valence-corrected chi connectivity index (χ2v) is 4.89. The SMILES string of the molecule is CCC(C1=CCc2ccccc21)c1ccccc1. The maximum absolute atomic E-state index is 2.41. The molecule has 0 nitrogen and oxygen atoms in total. The first kappa shape index (κ1) is 11.3. The van der Waals surface area contributed by atoms with Gasteiger partial charge in [-0.25, -0.2) is 0 Å². The molecule has 0 saturated heterocycles. The molecule has 2 aromatic rings. The molecule has 90 valence electrons. The van der Waals surface area contributed by atoms with Gasteiger partial charge in [-0.2, -0.15) is 0 Å². The van der Waals surface area contributed by atoms with Crippen molar-refractivity contribution in [2.45, 2.75) is 25.7 Å². The second-order valence-electron chi connectivity index (χ2n) is 4.89. The van der Waals surface area contributed by atoms with Gasteiger partial charge in [0, 0.05) is 5.92 Å². The normalized spacial score (nSPS) is 15.1. The van der Waals surface area contributed by atoms with E-state index in [4.69, 9.17) is 0 Å². The first-order valence-electron chi connectivity index (χ1n) is 6.73. The Morgan fingerprint density at radius 2 is 1.67 bits per heavy atom. The summed E-state index contributed by atoms with van der Waals surface area (Å²) in [5.74, 6) is 0.537. The van der Waals surface area contributed by atoms with Crippen LogP contribution in [-0.4, -0.2) is 0 Å². The molecule has 0 radical (unpaired) electrons. The molecule has 0 bridgehead atoms. The zero-order chi connectivity index (χ0) is 12.4. The summed E-state index contributed by atoms with van der Waals surface area (Å²) in [5.41, 5.74) is 5.87. The van der Waals surface area contributed by atoms with Crippen molar-refractivity contribution >= 4 is 5.57 Å². The quantitative estimate of drug-likeness (QED) is 0.714. The first-order valence-corrected chi connectivity index (χ1v) is 6.73. The van der Waals surface area contributed by atoms with Gasteiger partial charge in [-0.1, -0.05) is 67.6 Å². The van der Waals surface area contributed by atoms with E-state index in [1.807, 2.05) is 0 Å². The molecule has 0 N–H and O–H groups in total. The van der Waals surface area contributed by atoms with Crippen LogP contribution < -0.4 is 0 Å². The molecule has 0 aliphatic heterocycles. The third kappa shape index (κ3) is 1.88. The summed E-state index contributed by atoms with van der Waals surface area (Å²) in [6.07, 6.45) is 4.66. The van der Waals surface area contributed by atoms with Gasteiger partial charge in [-0.05, 0) is 35.1 Å². The highest BCUT2D eigenvalue weighted by molar-refractivity contribution is 5.77. The predicted molar refractivity (Wildman–Crippen MR) is 77.6 cm³/mol. The minimum absolute atomic E-state index is 0.537. The van der Waals surface area contributed by atoms with Crippen molar-refractivity contribution in [3.05, 3.63) is 77.4 Å². The summed E-state index contributed by atoms with van der Waals surface area (Å²) in [7, 11) is 0. The lowest BCUT2D eigenvalue weighted by Crippen LogP contribution is -1.99. The van der Waals surface area contributed by atoms with Gasteiger partial charge in [0.2, 0.25) is 0 Å². The van der Waals surface area contributed by atoms with Crippen molar-refractivity contribution in [1.82, 2.24) is 0 Å². The molecular weight excluding hydrogens is 216 g/mol. The summed E-state index contributed by atoms with van der Waals surface area (Å²) in [6, 6.07) is 19.7. The smallest absolute Gasteiger partial charge is 0.00897 e. The van der Waals surface area contributed by atoms with Gasteiger partial charge < -0.3 is 0 Å². The van der Waals surface area contributed by atoms with E-state index in [1.165, 1.54) is 22.3 Å². The van der Waals surface area contributed by atoms with Crippen LogP contribution in [0.3, 0.4) is 0 Å². The van der Waals surface area contributed by atoms with Crippen LogP contribution >= 0.6 is 0 Å². The summed E-state index contributed by atoms with van der Waals surface area (Å²) in [6.45, 7) is 2.28. The Balaban J connectivity index is 2.00. The zero-order valence-electron chi connectivity index (χ0n) is 10.8. The number of benzene rings is 2. The number of hydrogen-bond donors (Lipinski definition) is 0. The van der Waals surface area contributed by atoms with E-state index < -0.39 is 0 Å². The maximum atomic E-state index is 2.41. The Morgan fingerprint density at radius 1 is 0.944 bits per heavy atom. The molecule has 0 heteroatoms. The van der Waals surface area contributed by atoms with Crippen molar-refractivity contribution in [2.75, 3.05) is 0 Å². The highest BCUT2D eigenvalue weighted by Gasteiger charge is 2.21. The largest absolute Gasteiger partial charge is 0.0757 e. The molecule has 1 unspecified atom stereocenters. The highest BCUT2D eigenvalue weighted by atomic mass is 14.3. The Labute approximate surface area is 109 Å². The van der Waals surface area contributed by atoms with Gasteiger partial charge in [0.05, 0.1) is 0 Å². The van der Waals surface area contributed by atoms with Crippen molar-refractivity contribution in [3.63, 3.8) is 0 Å². The van der Waals surface area contributed by atoms with E-state index in [1.54, 1.807) is 0 Å². The Kier molecular flexibility index (Phi) is 3.02. The van der Waals surface area contributed by atoms with Crippen LogP contribution in [0.15, 0.2) is 60.7 Å². The molecule has 0 fully saturated rings. The average molecular weight is 234 g/mol. The average Bonchev–Trinajstić information content (AvgIpc) is 2.85. The van der Waals surface area contributed by atoms with Crippen LogP contribution in [0.25, 0.3) is 5.57 Å². The lowest BCUT2D eigenvalue weighted by atomic mass is 9.86. The van der Waals surface area contributed by atoms with Gasteiger partial charge in [0.1, 0.15) is 0 Å². The van der Waals surface area contributed by atoms with E-state index in [-0.39, 0.29) is 0 Å². The van der Waals surface area contributed by atoms with Crippen LogP contribution in [0.4, 0.5) is 0 Å². The Hall–Kier alpha value is -1.82. The third-order valence-electron chi connectivity index (χ3n) is 3.86. The lowest BCUT2D eigenvalue weighted by molar-refractivity contribution is 0.824. The van der Waals surface area contributed by atoms with Crippen LogP contribution in [0.5, 0.6) is 0 Å². The molecule has 0 amide bonds. The topological polar surface area (TPSA) is 0 Å². The molecule has 1 aliphatic carbocycles. The predicted octanol–water partition coefficient (Wildman–Crippen LogP) is 4.82. The minimum atomic E-state index is 0.537. The maximum Gasteiger partial charge on any atom is 0.00897 e. The van der Waals surface area contributed by atoms with E-state index in [9.17, 15) is 0 Å². The van der Waals surface area contributed by atoms with Gasteiger partial charge in [0.25, 0.3) is 0 Å². The molecule has 0 saturated carbocycles. The van der Waals surface area contributed by atoms with Gasteiger partial charge in [-0.15, -0.1) is 0 Å². The van der Waals surface area contributed by atoms with E-state index in [0.717, 1.165) is 12.8 Å². The number of allylic oxidation sites excluding steroid dienone is 2. The van der Waals surface area contributed by atoms with Crippen molar-refractivity contribution in [2.24, 2.45) is 0 Å². The molecule has 18 heavy (non-hydrogen) atoms. The molecule has 0 spiro atoms. The van der Waals surface area contributed by atoms with E-state index in [0.29, 0.717) is 5.92 Å². The molecule has 3 rings (SSSR count). The Morgan fingerprint density at radius 3 is 2.44 bits per heavy atom. The van der Waals surface area contributed by atoms with Gasteiger partial charge in [0.15, 0.2) is 0 Å². The summed E-state index contributed by atoms with van der Waals surface area (Å²) >= 11 is 0. The molecular formula is C18H18. The van der Waals surface area contributed by atoms with E-state index >= 15 is 0 Å². The minimum Gasteiger partial charge on any atom is -0.0757 e. The number of rotatable bonds is 3. The van der Waals surface area contributed by atoms with Crippen LogP contribution in [-0.2, 0) is 6.42 Å². The molecule has 1 aliphatic rings. The molecule has 1 atom stereocenters.